The summed E-state index contributed by atoms with van der Waals surface area (Å²) in [7, 11) is 2.71. The van der Waals surface area contributed by atoms with Gasteiger partial charge in [-0.2, -0.15) is 0 Å². The maximum atomic E-state index is 12.0. The first-order valence-electron chi connectivity index (χ1n) is 6.87. The van der Waals surface area contributed by atoms with Gasteiger partial charge in [0.1, 0.15) is 11.8 Å². The van der Waals surface area contributed by atoms with Gasteiger partial charge in [-0.05, 0) is 19.8 Å². The van der Waals surface area contributed by atoms with E-state index >= 15 is 0 Å². The van der Waals surface area contributed by atoms with Crippen LogP contribution in [0.2, 0.25) is 0 Å². The van der Waals surface area contributed by atoms with Crippen molar-refractivity contribution < 1.29 is 23.6 Å². The molecule has 0 radical (unpaired) electrons. The van der Waals surface area contributed by atoms with Gasteiger partial charge in [0, 0.05) is 19.2 Å². The third kappa shape index (κ3) is 3.60. The monoisotopic (exact) mass is 296 g/mol. The van der Waals surface area contributed by atoms with Crippen LogP contribution >= 0.6 is 0 Å². The molecule has 0 aliphatic carbocycles. The maximum absolute atomic E-state index is 12.0. The summed E-state index contributed by atoms with van der Waals surface area (Å²) in [6, 6.07) is 1.37. The summed E-state index contributed by atoms with van der Waals surface area (Å²) in [6.07, 6.45) is 1.05. The molecule has 116 valence electrons. The largest absolute Gasteiger partial charge is 0.469 e. The molecule has 0 unspecified atom stereocenters. The van der Waals surface area contributed by atoms with E-state index in [0.717, 1.165) is 11.5 Å². The van der Waals surface area contributed by atoms with Crippen LogP contribution in [0.4, 0.5) is 0 Å². The van der Waals surface area contributed by atoms with E-state index in [1.807, 2.05) is 17.9 Å². The second kappa shape index (κ2) is 6.71. The Morgan fingerprint density at radius 1 is 1.38 bits per heavy atom. The zero-order valence-corrected chi connectivity index (χ0v) is 12.5. The molecular weight excluding hydrogens is 276 g/mol. The lowest BCUT2D eigenvalue weighted by atomic mass is 9.90. The number of hydrogen-bond acceptors (Lipinski definition) is 7. The number of ether oxygens (including phenoxy) is 2. The number of aromatic nitrogens is 1. The minimum absolute atomic E-state index is 0.269. The van der Waals surface area contributed by atoms with Gasteiger partial charge in [0.05, 0.1) is 25.8 Å². The molecule has 1 aromatic rings. The van der Waals surface area contributed by atoms with E-state index in [1.54, 1.807) is 0 Å². The van der Waals surface area contributed by atoms with Gasteiger partial charge in [-0.25, -0.2) is 0 Å². The standard InChI is InChI=1S/C14H20N2O5/c1-9-6-11(15-21-9)8-16-5-4-10(13(17)19-2)7-12(16)14(18)20-3/h6,10,12H,4-5,7-8H2,1-3H3/t10-,12-/m0/s1. The summed E-state index contributed by atoms with van der Waals surface area (Å²) >= 11 is 0. The zero-order chi connectivity index (χ0) is 15.4. The van der Waals surface area contributed by atoms with Crippen molar-refractivity contribution in [2.24, 2.45) is 5.92 Å². The Kier molecular flexibility index (Phi) is 4.95. The van der Waals surface area contributed by atoms with Crippen LogP contribution in [-0.2, 0) is 25.6 Å². The molecule has 2 rings (SSSR count). The van der Waals surface area contributed by atoms with Gasteiger partial charge >= 0.3 is 11.9 Å². The highest BCUT2D eigenvalue weighted by Crippen LogP contribution is 2.26. The number of nitrogens with zero attached hydrogens (tertiary/aromatic N) is 2. The fourth-order valence-electron chi connectivity index (χ4n) is 2.67. The first kappa shape index (κ1) is 15.5. The lowest BCUT2D eigenvalue weighted by Gasteiger charge is -2.36. The number of rotatable bonds is 4. The van der Waals surface area contributed by atoms with Gasteiger partial charge in [0.15, 0.2) is 0 Å². The van der Waals surface area contributed by atoms with E-state index < -0.39 is 6.04 Å². The lowest BCUT2D eigenvalue weighted by Crippen LogP contribution is -2.48. The van der Waals surface area contributed by atoms with E-state index in [0.29, 0.717) is 25.9 Å². The van der Waals surface area contributed by atoms with Gasteiger partial charge in [0.25, 0.3) is 0 Å². The van der Waals surface area contributed by atoms with Crippen LogP contribution in [0, 0.1) is 12.8 Å². The Labute approximate surface area is 123 Å². The first-order valence-corrected chi connectivity index (χ1v) is 6.87. The molecule has 1 aliphatic heterocycles. The Morgan fingerprint density at radius 2 is 2.10 bits per heavy atom. The van der Waals surface area contributed by atoms with E-state index in [4.69, 9.17) is 14.0 Å². The van der Waals surface area contributed by atoms with Crippen molar-refractivity contribution in [3.8, 4) is 0 Å². The molecule has 0 amide bonds. The second-order valence-corrected chi connectivity index (χ2v) is 5.18. The summed E-state index contributed by atoms with van der Waals surface area (Å²) in [4.78, 5) is 25.6. The Hall–Kier alpha value is -1.89. The summed E-state index contributed by atoms with van der Waals surface area (Å²) in [5.74, 6) is -0.164. The van der Waals surface area contributed by atoms with Crippen LogP contribution in [0.15, 0.2) is 10.6 Å². The molecule has 0 saturated carbocycles. The minimum Gasteiger partial charge on any atom is -0.469 e. The fraction of sp³-hybridized carbons (Fsp3) is 0.643. The molecule has 2 heterocycles. The normalized spacial score (nSPS) is 22.8. The molecule has 1 fully saturated rings. The van der Waals surface area contributed by atoms with Crippen LogP contribution in [0.25, 0.3) is 0 Å². The van der Waals surface area contributed by atoms with Gasteiger partial charge in [-0.15, -0.1) is 0 Å². The van der Waals surface area contributed by atoms with Crippen LogP contribution in [0.5, 0.6) is 0 Å². The van der Waals surface area contributed by atoms with Gasteiger partial charge in [-0.3, -0.25) is 14.5 Å². The van der Waals surface area contributed by atoms with E-state index in [-0.39, 0.29) is 17.9 Å². The van der Waals surface area contributed by atoms with Crippen molar-refractivity contribution >= 4 is 11.9 Å². The molecule has 0 aromatic carbocycles. The van der Waals surface area contributed by atoms with E-state index in [9.17, 15) is 9.59 Å². The maximum Gasteiger partial charge on any atom is 0.323 e. The highest BCUT2D eigenvalue weighted by atomic mass is 16.5. The quantitative estimate of drug-likeness (QED) is 0.764. The number of esters is 2. The molecule has 0 N–H and O–H groups in total. The van der Waals surface area contributed by atoms with Crippen molar-refractivity contribution in [1.29, 1.82) is 0 Å². The lowest BCUT2D eigenvalue weighted by molar-refractivity contribution is -0.154. The van der Waals surface area contributed by atoms with Crippen LogP contribution in [-0.4, -0.2) is 48.8 Å². The Balaban J connectivity index is 2.09. The summed E-state index contributed by atoms with van der Waals surface area (Å²) in [6.45, 7) is 2.91. The van der Waals surface area contributed by atoms with E-state index in [1.165, 1.54) is 14.2 Å². The number of hydrogen-bond donors (Lipinski definition) is 0. The highest BCUT2D eigenvalue weighted by molar-refractivity contribution is 5.78. The Morgan fingerprint density at radius 3 is 2.67 bits per heavy atom. The van der Waals surface area contributed by atoms with Gasteiger partial charge in [0.2, 0.25) is 0 Å². The molecule has 0 spiro atoms. The van der Waals surface area contributed by atoms with Crippen LogP contribution in [0.1, 0.15) is 24.3 Å². The fourth-order valence-corrected chi connectivity index (χ4v) is 2.67. The average molecular weight is 296 g/mol. The van der Waals surface area contributed by atoms with Crippen molar-refractivity contribution in [2.45, 2.75) is 32.4 Å². The van der Waals surface area contributed by atoms with Gasteiger partial charge < -0.3 is 14.0 Å². The predicted molar refractivity (Wildman–Crippen MR) is 72.2 cm³/mol. The highest BCUT2D eigenvalue weighted by Gasteiger charge is 2.37. The summed E-state index contributed by atoms with van der Waals surface area (Å²) < 4.78 is 14.7. The van der Waals surface area contributed by atoms with Crippen molar-refractivity contribution in [3.05, 3.63) is 17.5 Å². The number of likely N-dealkylation sites (tertiary alicyclic amines) is 1. The smallest absolute Gasteiger partial charge is 0.323 e. The minimum atomic E-state index is -0.468. The number of carbonyl (C=O) groups excluding carboxylic acids is 2. The third-order valence-corrected chi connectivity index (χ3v) is 3.76. The first-order chi connectivity index (χ1) is 10.0. The molecule has 0 bridgehead atoms. The van der Waals surface area contributed by atoms with E-state index in [2.05, 4.69) is 5.16 Å². The molecule has 21 heavy (non-hydrogen) atoms. The molecule has 7 nitrogen and oxygen atoms in total. The summed E-state index contributed by atoms with van der Waals surface area (Å²) in [5.41, 5.74) is 0.762. The van der Waals surface area contributed by atoms with Crippen molar-refractivity contribution in [1.82, 2.24) is 10.1 Å². The topological polar surface area (TPSA) is 81.9 Å². The number of carbonyl (C=O) groups is 2. The number of methoxy groups -OCH3 is 2. The van der Waals surface area contributed by atoms with Crippen molar-refractivity contribution in [2.75, 3.05) is 20.8 Å². The predicted octanol–water partition coefficient (Wildman–Crippen LogP) is 0.910. The third-order valence-electron chi connectivity index (χ3n) is 3.76. The molecule has 7 heteroatoms. The number of piperidine rings is 1. The second-order valence-electron chi connectivity index (χ2n) is 5.18. The Bertz CT molecular complexity index is 513. The van der Waals surface area contributed by atoms with Crippen LogP contribution < -0.4 is 0 Å². The molecule has 1 saturated heterocycles. The summed E-state index contributed by atoms with van der Waals surface area (Å²) in [5, 5.41) is 3.94. The van der Waals surface area contributed by atoms with Gasteiger partial charge in [-0.1, -0.05) is 5.16 Å². The molecule has 2 atom stereocenters. The SMILES string of the molecule is COC(=O)[C@H]1CCN(Cc2cc(C)on2)[C@H](C(=O)OC)C1. The zero-order valence-electron chi connectivity index (χ0n) is 12.5. The van der Waals surface area contributed by atoms with Crippen molar-refractivity contribution in [3.63, 3.8) is 0 Å². The number of aryl methyl sites for hydroxylation is 1. The molecule has 1 aliphatic rings. The van der Waals surface area contributed by atoms with Crippen LogP contribution in [0.3, 0.4) is 0 Å². The average Bonchev–Trinajstić information content (AvgIpc) is 2.91. The molecule has 1 aromatic heterocycles. The molecular formula is C14H20N2O5.